The second-order valence-electron chi connectivity index (χ2n) is 5.10. The Morgan fingerprint density at radius 1 is 1.21 bits per heavy atom. The third kappa shape index (κ3) is 3.45. The number of hydrogen-bond acceptors (Lipinski definition) is 3. The molecule has 0 radical (unpaired) electrons. The summed E-state index contributed by atoms with van der Waals surface area (Å²) in [6, 6.07) is 5.39. The summed E-state index contributed by atoms with van der Waals surface area (Å²) in [5, 5.41) is 3.06. The average Bonchev–Trinajstić information content (AvgIpc) is 2.43. The first-order valence-electron chi connectivity index (χ1n) is 7.15. The highest BCUT2D eigenvalue weighted by molar-refractivity contribution is 5.54. The molecule has 0 aromatic heterocycles. The molecule has 0 saturated carbocycles. The third-order valence-electron chi connectivity index (χ3n) is 3.70. The number of nitrogens with one attached hydrogen (secondary N) is 1. The molecule has 0 unspecified atom stereocenters. The van der Waals surface area contributed by atoms with Crippen molar-refractivity contribution in [1.82, 2.24) is 10.2 Å². The number of hydrogen-bond donors (Lipinski definition) is 1. The highest BCUT2D eigenvalue weighted by Crippen LogP contribution is 2.24. The number of benzene rings is 1. The lowest BCUT2D eigenvalue weighted by atomic mass is 10.1. The molecule has 1 N–H and O–H groups in total. The van der Waals surface area contributed by atoms with Crippen molar-refractivity contribution in [3.8, 4) is 0 Å². The number of halogens is 1. The van der Waals surface area contributed by atoms with Crippen LogP contribution in [0.3, 0.4) is 0 Å². The molecule has 0 atom stereocenters. The van der Waals surface area contributed by atoms with E-state index in [-0.39, 0.29) is 5.82 Å². The first-order valence-corrected chi connectivity index (χ1v) is 7.15. The van der Waals surface area contributed by atoms with Gasteiger partial charge in [0.05, 0.1) is 0 Å². The van der Waals surface area contributed by atoms with Crippen LogP contribution in [0.25, 0.3) is 0 Å². The van der Waals surface area contributed by atoms with E-state index in [1.165, 1.54) is 13.0 Å². The number of rotatable bonds is 5. The number of anilines is 1. The predicted octanol–water partition coefficient (Wildman–Crippen LogP) is 2.08. The van der Waals surface area contributed by atoms with Crippen LogP contribution in [0.5, 0.6) is 0 Å². The molecule has 1 aliphatic heterocycles. The van der Waals surface area contributed by atoms with Crippen molar-refractivity contribution in [2.45, 2.75) is 19.9 Å². The van der Waals surface area contributed by atoms with Crippen molar-refractivity contribution in [3.05, 3.63) is 29.6 Å². The van der Waals surface area contributed by atoms with E-state index in [9.17, 15) is 4.39 Å². The maximum atomic E-state index is 13.9. The molecule has 0 amide bonds. The zero-order chi connectivity index (χ0) is 13.7. The van der Waals surface area contributed by atoms with Gasteiger partial charge in [-0.05, 0) is 32.1 Å². The molecule has 3 nitrogen and oxygen atoms in total. The molecule has 0 bridgehead atoms. The summed E-state index contributed by atoms with van der Waals surface area (Å²) in [4.78, 5) is 4.79. The summed E-state index contributed by atoms with van der Waals surface area (Å²) in [7, 11) is 1.86. The highest BCUT2D eigenvalue weighted by Gasteiger charge is 2.19. The Hall–Kier alpha value is -1.13. The standard InChI is InChI=1S/C15H24FN3/c1-3-7-18-8-10-19(11-9-18)15-6-4-5-14(16)13(15)12-17-2/h4-6,17H,3,7-12H2,1-2H3. The van der Waals surface area contributed by atoms with Crippen LogP contribution in [0, 0.1) is 5.82 Å². The summed E-state index contributed by atoms with van der Waals surface area (Å²) >= 11 is 0. The largest absolute Gasteiger partial charge is 0.369 e. The third-order valence-corrected chi connectivity index (χ3v) is 3.70. The fourth-order valence-corrected chi connectivity index (χ4v) is 2.72. The minimum absolute atomic E-state index is 0.108. The minimum atomic E-state index is -0.108. The zero-order valence-corrected chi connectivity index (χ0v) is 12.0. The van der Waals surface area contributed by atoms with Gasteiger partial charge in [-0.15, -0.1) is 0 Å². The molecule has 0 aliphatic carbocycles. The van der Waals surface area contributed by atoms with Crippen LogP contribution in [-0.4, -0.2) is 44.7 Å². The van der Waals surface area contributed by atoms with Gasteiger partial charge in [-0.1, -0.05) is 13.0 Å². The van der Waals surface area contributed by atoms with Crippen molar-refractivity contribution in [2.75, 3.05) is 44.7 Å². The molecule has 2 rings (SSSR count). The van der Waals surface area contributed by atoms with Crippen molar-refractivity contribution in [2.24, 2.45) is 0 Å². The molecule has 4 heteroatoms. The van der Waals surface area contributed by atoms with Gasteiger partial charge >= 0.3 is 0 Å². The summed E-state index contributed by atoms with van der Waals surface area (Å²) in [5.41, 5.74) is 1.83. The van der Waals surface area contributed by atoms with Gasteiger partial charge in [-0.25, -0.2) is 4.39 Å². The predicted molar refractivity (Wildman–Crippen MR) is 78.1 cm³/mol. The van der Waals surface area contributed by atoms with Crippen LogP contribution in [0.2, 0.25) is 0 Å². The average molecular weight is 265 g/mol. The maximum absolute atomic E-state index is 13.9. The van der Waals surface area contributed by atoms with E-state index in [1.807, 2.05) is 19.2 Å². The zero-order valence-electron chi connectivity index (χ0n) is 12.0. The highest BCUT2D eigenvalue weighted by atomic mass is 19.1. The van der Waals surface area contributed by atoms with Crippen LogP contribution in [-0.2, 0) is 6.54 Å². The Bertz CT molecular complexity index is 400. The van der Waals surface area contributed by atoms with Crippen LogP contribution < -0.4 is 10.2 Å². The normalized spacial score (nSPS) is 16.9. The van der Waals surface area contributed by atoms with Gasteiger partial charge in [-0.2, -0.15) is 0 Å². The lowest BCUT2D eigenvalue weighted by Crippen LogP contribution is -2.47. The molecule has 19 heavy (non-hydrogen) atoms. The van der Waals surface area contributed by atoms with Gasteiger partial charge in [0.25, 0.3) is 0 Å². The molecular formula is C15H24FN3. The molecular weight excluding hydrogens is 241 g/mol. The Morgan fingerprint density at radius 3 is 2.58 bits per heavy atom. The molecule has 1 aromatic carbocycles. The van der Waals surface area contributed by atoms with Gasteiger partial charge in [0, 0.05) is 44.0 Å². The molecule has 106 valence electrons. The SMILES string of the molecule is CCCN1CCN(c2cccc(F)c2CNC)CC1. The van der Waals surface area contributed by atoms with E-state index in [4.69, 9.17) is 0 Å². The van der Waals surface area contributed by atoms with E-state index < -0.39 is 0 Å². The Kier molecular flexibility index (Phi) is 5.16. The molecule has 1 fully saturated rings. The quantitative estimate of drug-likeness (QED) is 0.879. The Balaban J connectivity index is 2.08. The lowest BCUT2D eigenvalue weighted by molar-refractivity contribution is 0.258. The summed E-state index contributed by atoms with van der Waals surface area (Å²) < 4.78 is 13.9. The number of piperazine rings is 1. The Labute approximate surface area is 115 Å². The van der Waals surface area contributed by atoms with E-state index >= 15 is 0 Å². The van der Waals surface area contributed by atoms with Crippen LogP contribution >= 0.6 is 0 Å². The van der Waals surface area contributed by atoms with Gasteiger partial charge in [0.15, 0.2) is 0 Å². The van der Waals surface area contributed by atoms with Crippen molar-refractivity contribution < 1.29 is 4.39 Å². The fourth-order valence-electron chi connectivity index (χ4n) is 2.72. The second-order valence-corrected chi connectivity index (χ2v) is 5.10. The molecule has 0 spiro atoms. The van der Waals surface area contributed by atoms with Gasteiger partial charge < -0.3 is 10.2 Å². The lowest BCUT2D eigenvalue weighted by Gasteiger charge is -2.37. The smallest absolute Gasteiger partial charge is 0.129 e. The van der Waals surface area contributed by atoms with Gasteiger partial charge in [0.2, 0.25) is 0 Å². The van der Waals surface area contributed by atoms with Crippen molar-refractivity contribution >= 4 is 5.69 Å². The monoisotopic (exact) mass is 265 g/mol. The molecule has 1 saturated heterocycles. The summed E-state index contributed by atoms with van der Waals surface area (Å²) in [5.74, 6) is -0.108. The van der Waals surface area contributed by atoms with E-state index in [0.29, 0.717) is 6.54 Å². The van der Waals surface area contributed by atoms with E-state index in [0.717, 1.165) is 37.4 Å². The Morgan fingerprint density at radius 2 is 1.95 bits per heavy atom. The molecule has 1 aromatic rings. The van der Waals surface area contributed by atoms with Crippen molar-refractivity contribution in [1.29, 1.82) is 0 Å². The molecule has 1 aliphatic rings. The van der Waals surface area contributed by atoms with Gasteiger partial charge in [0.1, 0.15) is 5.82 Å². The van der Waals surface area contributed by atoms with Crippen LogP contribution in [0.4, 0.5) is 10.1 Å². The minimum Gasteiger partial charge on any atom is -0.369 e. The number of nitrogens with zero attached hydrogens (tertiary/aromatic N) is 2. The first-order chi connectivity index (χ1) is 9.26. The van der Waals surface area contributed by atoms with E-state index in [2.05, 4.69) is 22.0 Å². The summed E-state index contributed by atoms with van der Waals surface area (Å²) in [6.45, 7) is 8.08. The first kappa shape index (κ1) is 14.3. The second kappa shape index (κ2) is 6.87. The van der Waals surface area contributed by atoms with Crippen LogP contribution in [0.1, 0.15) is 18.9 Å². The van der Waals surface area contributed by atoms with Gasteiger partial charge in [-0.3, -0.25) is 4.90 Å². The fraction of sp³-hybridized carbons (Fsp3) is 0.600. The maximum Gasteiger partial charge on any atom is 0.129 e. The summed E-state index contributed by atoms with van der Waals surface area (Å²) in [6.07, 6.45) is 1.20. The van der Waals surface area contributed by atoms with E-state index in [1.54, 1.807) is 6.07 Å². The molecule has 1 heterocycles. The van der Waals surface area contributed by atoms with Crippen molar-refractivity contribution in [3.63, 3.8) is 0 Å². The van der Waals surface area contributed by atoms with Crippen LogP contribution in [0.15, 0.2) is 18.2 Å². The topological polar surface area (TPSA) is 18.5 Å².